The van der Waals surface area contributed by atoms with E-state index < -0.39 is 41.1 Å². The highest BCUT2D eigenvalue weighted by atomic mass is 19.3. The molecule has 0 saturated heterocycles. The van der Waals surface area contributed by atoms with Crippen molar-refractivity contribution in [1.29, 1.82) is 0 Å². The number of ether oxygens (including phenoxy) is 1. The summed E-state index contributed by atoms with van der Waals surface area (Å²) in [6.45, 7) is 1.96. The first kappa shape index (κ1) is 21.5. The van der Waals surface area contributed by atoms with Crippen LogP contribution in [0.4, 0.5) is 26.3 Å². The Kier molecular flexibility index (Phi) is 6.42. The van der Waals surface area contributed by atoms with E-state index in [-0.39, 0.29) is 11.8 Å². The van der Waals surface area contributed by atoms with Gasteiger partial charge in [0.1, 0.15) is 23.3 Å². The minimum absolute atomic E-state index is 0.147. The van der Waals surface area contributed by atoms with E-state index in [2.05, 4.69) is 16.6 Å². The molecular weight excluding hydrogens is 394 g/mol. The zero-order chi connectivity index (χ0) is 21.2. The Morgan fingerprint density at radius 2 is 1.52 bits per heavy atom. The maximum atomic E-state index is 14.4. The smallest absolute Gasteiger partial charge is 0.304 e. The van der Waals surface area contributed by atoms with Crippen molar-refractivity contribution in [2.45, 2.75) is 57.2 Å². The van der Waals surface area contributed by atoms with Gasteiger partial charge in [0.15, 0.2) is 11.7 Å². The van der Waals surface area contributed by atoms with E-state index in [4.69, 9.17) is 0 Å². The molecule has 1 aromatic carbocycles. The van der Waals surface area contributed by atoms with Crippen LogP contribution >= 0.6 is 0 Å². The number of hydrogen-bond acceptors (Lipinski definition) is 1. The summed E-state index contributed by atoms with van der Waals surface area (Å²) in [5.41, 5.74) is -1.27. The molecule has 2 aliphatic rings. The van der Waals surface area contributed by atoms with E-state index in [9.17, 15) is 26.3 Å². The second-order valence-electron chi connectivity index (χ2n) is 7.21. The average Bonchev–Trinajstić information content (AvgIpc) is 2.95. The molecule has 0 N–H and O–H groups in total. The number of alkyl halides is 2. The molecule has 1 fully saturated rings. The fourth-order valence-electron chi connectivity index (χ4n) is 3.72. The number of allylic oxidation sites excluding steroid dienone is 2. The van der Waals surface area contributed by atoms with Gasteiger partial charge in [-0.2, -0.15) is 8.78 Å². The summed E-state index contributed by atoms with van der Waals surface area (Å²) < 4.78 is 87.7. The van der Waals surface area contributed by atoms with Crippen molar-refractivity contribution in [2.75, 3.05) is 0 Å². The molecule has 1 aromatic rings. The standard InChI is InChI=1S/C22H20F6O/c1-2-3-4-13-5-7-14(8-6-13)15-9-19(25)21(20(26)10-15)22(27,28)29-16-11-17(23)18(24)12-16/h9-14,16H,2,5-8H2,1H3. The zero-order valence-corrected chi connectivity index (χ0v) is 15.8. The van der Waals surface area contributed by atoms with E-state index in [0.717, 1.165) is 31.4 Å². The fourth-order valence-corrected chi connectivity index (χ4v) is 3.72. The minimum atomic E-state index is -4.40. The van der Waals surface area contributed by atoms with Crippen molar-refractivity contribution in [2.24, 2.45) is 5.92 Å². The third kappa shape index (κ3) is 4.87. The molecule has 0 radical (unpaired) electrons. The highest BCUT2D eigenvalue weighted by molar-refractivity contribution is 5.33. The van der Waals surface area contributed by atoms with E-state index in [1.165, 1.54) is 0 Å². The molecule has 0 bridgehead atoms. The highest BCUT2D eigenvalue weighted by Crippen LogP contribution is 2.41. The van der Waals surface area contributed by atoms with E-state index in [1.807, 2.05) is 6.92 Å². The molecule has 7 heteroatoms. The molecule has 0 atom stereocenters. The van der Waals surface area contributed by atoms with Crippen LogP contribution in [0.3, 0.4) is 0 Å². The lowest BCUT2D eigenvalue weighted by Crippen LogP contribution is -2.26. The van der Waals surface area contributed by atoms with Crippen molar-refractivity contribution in [3.63, 3.8) is 0 Å². The Labute approximate surface area is 165 Å². The number of halogens is 6. The quantitative estimate of drug-likeness (QED) is 0.389. The first-order chi connectivity index (χ1) is 13.7. The molecular formula is C22H20F6O. The third-order valence-electron chi connectivity index (χ3n) is 5.17. The van der Waals surface area contributed by atoms with Crippen LogP contribution in [0.5, 0.6) is 0 Å². The Balaban J connectivity index is 1.76. The monoisotopic (exact) mass is 414 g/mol. The van der Waals surface area contributed by atoms with Gasteiger partial charge < -0.3 is 4.74 Å². The number of rotatable bonds is 4. The van der Waals surface area contributed by atoms with Crippen molar-refractivity contribution in [3.8, 4) is 11.8 Å². The molecule has 0 heterocycles. The van der Waals surface area contributed by atoms with Crippen LogP contribution in [-0.2, 0) is 10.8 Å². The second kappa shape index (κ2) is 8.66. The van der Waals surface area contributed by atoms with Gasteiger partial charge in [-0.25, -0.2) is 17.6 Å². The maximum absolute atomic E-state index is 14.4. The van der Waals surface area contributed by atoms with Crippen LogP contribution < -0.4 is 0 Å². The van der Waals surface area contributed by atoms with Gasteiger partial charge >= 0.3 is 6.11 Å². The first-order valence-electron chi connectivity index (χ1n) is 9.49. The van der Waals surface area contributed by atoms with Crippen molar-refractivity contribution in [3.05, 3.63) is 58.7 Å². The van der Waals surface area contributed by atoms with E-state index >= 15 is 0 Å². The van der Waals surface area contributed by atoms with Gasteiger partial charge in [-0.15, -0.1) is 5.92 Å². The van der Waals surface area contributed by atoms with Crippen LogP contribution in [0.25, 0.3) is 0 Å². The highest BCUT2D eigenvalue weighted by Gasteiger charge is 2.42. The Morgan fingerprint density at radius 3 is 2.03 bits per heavy atom. The average molecular weight is 414 g/mol. The summed E-state index contributed by atoms with van der Waals surface area (Å²) in [5.74, 6) is 0.654. The van der Waals surface area contributed by atoms with E-state index in [0.29, 0.717) is 30.6 Å². The van der Waals surface area contributed by atoms with Crippen LogP contribution in [0.2, 0.25) is 0 Å². The van der Waals surface area contributed by atoms with Crippen molar-refractivity contribution in [1.82, 2.24) is 0 Å². The second-order valence-corrected chi connectivity index (χ2v) is 7.21. The van der Waals surface area contributed by atoms with Gasteiger partial charge in [0.25, 0.3) is 0 Å². The molecule has 1 saturated carbocycles. The molecule has 2 aliphatic carbocycles. The lowest BCUT2D eigenvalue weighted by Gasteiger charge is -2.27. The molecule has 156 valence electrons. The normalized spacial score (nSPS) is 22.7. The summed E-state index contributed by atoms with van der Waals surface area (Å²) in [4.78, 5) is 0. The molecule has 1 nitrogen and oxygen atoms in total. The molecule has 0 amide bonds. The van der Waals surface area contributed by atoms with Gasteiger partial charge in [0.05, 0.1) is 0 Å². The summed E-state index contributed by atoms with van der Waals surface area (Å²) in [6, 6.07) is 1.78. The topological polar surface area (TPSA) is 9.23 Å². The van der Waals surface area contributed by atoms with Crippen LogP contribution in [0.15, 0.2) is 35.9 Å². The first-order valence-corrected chi connectivity index (χ1v) is 9.49. The SMILES string of the molecule is CCC#CC1CCC(c2cc(F)c(C(F)(F)OC3C=C(F)C(F)=C3)c(F)c2)CC1. The maximum Gasteiger partial charge on any atom is 0.389 e. The van der Waals surface area contributed by atoms with E-state index in [1.54, 1.807) is 0 Å². The van der Waals surface area contributed by atoms with Crippen LogP contribution in [0, 0.1) is 29.4 Å². The Morgan fingerprint density at radius 1 is 0.966 bits per heavy atom. The third-order valence-corrected chi connectivity index (χ3v) is 5.17. The molecule has 0 unspecified atom stereocenters. The largest absolute Gasteiger partial charge is 0.389 e. The van der Waals surface area contributed by atoms with Crippen molar-refractivity contribution < 1.29 is 31.1 Å². The summed E-state index contributed by atoms with van der Waals surface area (Å²) in [7, 11) is 0. The Hall–Kier alpha value is -2.20. The molecule has 3 rings (SSSR count). The van der Waals surface area contributed by atoms with Crippen LogP contribution in [0.1, 0.15) is 56.1 Å². The van der Waals surface area contributed by atoms with Gasteiger partial charge in [-0.05, 0) is 61.4 Å². The number of hydrogen-bond donors (Lipinski definition) is 0. The van der Waals surface area contributed by atoms with Gasteiger partial charge in [-0.3, -0.25) is 0 Å². The van der Waals surface area contributed by atoms with Crippen LogP contribution in [-0.4, -0.2) is 6.10 Å². The lowest BCUT2D eigenvalue weighted by atomic mass is 9.78. The predicted octanol–water partition coefficient (Wildman–Crippen LogP) is 6.81. The zero-order valence-electron chi connectivity index (χ0n) is 15.8. The Bertz CT molecular complexity index is 843. The summed E-state index contributed by atoms with van der Waals surface area (Å²) in [6.07, 6.45) is -1.60. The molecule has 0 spiro atoms. The van der Waals surface area contributed by atoms with Gasteiger partial charge in [0.2, 0.25) is 0 Å². The summed E-state index contributed by atoms with van der Waals surface area (Å²) in [5, 5.41) is 0. The van der Waals surface area contributed by atoms with Gasteiger partial charge in [0, 0.05) is 12.3 Å². The minimum Gasteiger partial charge on any atom is -0.304 e. The molecule has 0 aromatic heterocycles. The molecule has 0 aliphatic heterocycles. The predicted molar refractivity (Wildman–Crippen MR) is 96.3 cm³/mol. The van der Waals surface area contributed by atoms with Gasteiger partial charge in [-0.1, -0.05) is 12.8 Å². The number of benzene rings is 1. The lowest BCUT2D eigenvalue weighted by molar-refractivity contribution is -0.259. The summed E-state index contributed by atoms with van der Waals surface area (Å²) >= 11 is 0. The molecule has 29 heavy (non-hydrogen) atoms. The van der Waals surface area contributed by atoms with Crippen molar-refractivity contribution >= 4 is 0 Å². The fraction of sp³-hybridized carbons (Fsp3) is 0.455.